The molecule has 0 radical (unpaired) electrons. The van der Waals surface area contributed by atoms with Gasteiger partial charge < -0.3 is 10.5 Å². The van der Waals surface area contributed by atoms with E-state index in [9.17, 15) is 0 Å². The fraction of sp³-hybridized carbons (Fsp3) is 0.571. The van der Waals surface area contributed by atoms with Crippen LogP contribution in [0.3, 0.4) is 0 Å². The maximum absolute atomic E-state index is 5.83. The van der Waals surface area contributed by atoms with Crippen molar-refractivity contribution >= 4 is 0 Å². The molecule has 17 heavy (non-hydrogen) atoms. The summed E-state index contributed by atoms with van der Waals surface area (Å²) in [6, 6.07) is 8.96. The summed E-state index contributed by atoms with van der Waals surface area (Å²) in [5.74, 6) is 0. The lowest BCUT2D eigenvalue weighted by atomic mass is 9.96. The molecule has 94 valence electrons. The van der Waals surface area contributed by atoms with Gasteiger partial charge in [0.05, 0.1) is 18.8 Å². The molecule has 1 heterocycles. The van der Waals surface area contributed by atoms with E-state index in [4.69, 9.17) is 10.5 Å². The average Bonchev–Trinajstić information content (AvgIpc) is 2.37. The topological polar surface area (TPSA) is 38.5 Å². The third kappa shape index (κ3) is 2.68. The van der Waals surface area contributed by atoms with E-state index < -0.39 is 0 Å². The maximum Gasteiger partial charge on any atom is 0.0894 e. The predicted molar refractivity (Wildman–Crippen MR) is 70.0 cm³/mol. The van der Waals surface area contributed by atoms with Crippen molar-refractivity contribution in [1.82, 2.24) is 4.90 Å². The first-order valence-electron chi connectivity index (χ1n) is 6.38. The van der Waals surface area contributed by atoms with Crippen LogP contribution in [0.4, 0.5) is 0 Å². The van der Waals surface area contributed by atoms with E-state index in [1.807, 2.05) is 0 Å². The van der Waals surface area contributed by atoms with Crippen molar-refractivity contribution in [2.24, 2.45) is 5.73 Å². The monoisotopic (exact) mass is 234 g/mol. The first kappa shape index (κ1) is 12.6. The van der Waals surface area contributed by atoms with E-state index >= 15 is 0 Å². The Morgan fingerprint density at radius 2 is 2.29 bits per heavy atom. The Labute approximate surface area is 104 Å². The summed E-state index contributed by atoms with van der Waals surface area (Å²) in [7, 11) is 0. The zero-order chi connectivity index (χ0) is 12.3. The molecule has 0 bridgehead atoms. The molecule has 1 aromatic rings. The SMILES string of the molecule is CCN1CCOC(CN)C1c1cccc(C)c1. The zero-order valence-corrected chi connectivity index (χ0v) is 10.7. The normalized spacial score (nSPS) is 26.1. The second-order valence-electron chi connectivity index (χ2n) is 4.63. The van der Waals surface area contributed by atoms with E-state index in [-0.39, 0.29) is 6.10 Å². The molecule has 0 saturated carbocycles. The van der Waals surface area contributed by atoms with Gasteiger partial charge in [-0.1, -0.05) is 36.8 Å². The maximum atomic E-state index is 5.83. The number of rotatable bonds is 3. The predicted octanol–water partition coefficient (Wildman–Crippen LogP) is 1.72. The molecule has 2 N–H and O–H groups in total. The van der Waals surface area contributed by atoms with Crippen LogP contribution in [0.1, 0.15) is 24.1 Å². The summed E-state index contributed by atoms with van der Waals surface area (Å²) in [6.07, 6.45) is 0.116. The summed E-state index contributed by atoms with van der Waals surface area (Å²) in [5, 5.41) is 0. The summed E-state index contributed by atoms with van der Waals surface area (Å²) < 4.78 is 5.80. The lowest BCUT2D eigenvalue weighted by molar-refractivity contribution is -0.0658. The highest BCUT2D eigenvalue weighted by atomic mass is 16.5. The number of ether oxygens (including phenoxy) is 1. The van der Waals surface area contributed by atoms with Crippen molar-refractivity contribution in [1.29, 1.82) is 0 Å². The van der Waals surface area contributed by atoms with E-state index in [0.29, 0.717) is 12.6 Å². The molecule has 2 unspecified atom stereocenters. The Morgan fingerprint density at radius 3 is 2.94 bits per heavy atom. The van der Waals surface area contributed by atoms with Gasteiger partial charge in [-0.15, -0.1) is 0 Å². The van der Waals surface area contributed by atoms with Crippen molar-refractivity contribution in [3.8, 4) is 0 Å². The molecule has 1 aliphatic heterocycles. The molecule has 3 nitrogen and oxygen atoms in total. The third-order valence-electron chi connectivity index (χ3n) is 3.48. The number of likely N-dealkylation sites (N-methyl/N-ethyl adjacent to an activating group) is 1. The number of nitrogens with two attached hydrogens (primary N) is 1. The molecule has 1 fully saturated rings. The van der Waals surface area contributed by atoms with Gasteiger partial charge in [0.2, 0.25) is 0 Å². The summed E-state index contributed by atoms with van der Waals surface area (Å²) in [5.41, 5.74) is 8.45. The average molecular weight is 234 g/mol. The molecule has 0 spiro atoms. The molecule has 1 saturated heterocycles. The van der Waals surface area contributed by atoms with Gasteiger partial charge in [0.25, 0.3) is 0 Å². The first-order chi connectivity index (χ1) is 8.26. The quantitative estimate of drug-likeness (QED) is 0.865. The summed E-state index contributed by atoms with van der Waals surface area (Å²) in [6.45, 7) is 7.72. The molecule has 0 aliphatic carbocycles. The Kier molecular flexibility index (Phi) is 4.15. The van der Waals surface area contributed by atoms with E-state index in [1.54, 1.807) is 0 Å². The van der Waals surface area contributed by atoms with Crippen LogP contribution >= 0.6 is 0 Å². The minimum atomic E-state index is 0.116. The van der Waals surface area contributed by atoms with Gasteiger partial charge in [-0.05, 0) is 19.0 Å². The standard InChI is InChI=1S/C14H22N2O/c1-3-16-7-8-17-13(10-15)14(16)12-6-4-5-11(2)9-12/h4-6,9,13-14H,3,7-8,10,15H2,1-2H3. The van der Waals surface area contributed by atoms with Crippen molar-refractivity contribution in [3.63, 3.8) is 0 Å². The Balaban J connectivity index is 2.29. The van der Waals surface area contributed by atoms with Crippen molar-refractivity contribution in [2.45, 2.75) is 26.0 Å². The fourth-order valence-corrected chi connectivity index (χ4v) is 2.62. The van der Waals surface area contributed by atoms with Gasteiger partial charge in [-0.3, -0.25) is 4.90 Å². The van der Waals surface area contributed by atoms with Crippen molar-refractivity contribution in [3.05, 3.63) is 35.4 Å². The van der Waals surface area contributed by atoms with Crippen LogP contribution in [0.15, 0.2) is 24.3 Å². The number of hydrogen-bond donors (Lipinski definition) is 1. The molecule has 1 aromatic carbocycles. The van der Waals surface area contributed by atoms with Crippen molar-refractivity contribution < 1.29 is 4.74 Å². The highest BCUT2D eigenvalue weighted by Gasteiger charge is 2.31. The molecular weight excluding hydrogens is 212 g/mol. The summed E-state index contributed by atoms with van der Waals surface area (Å²) in [4.78, 5) is 2.45. The van der Waals surface area contributed by atoms with Crippen LogP contribution < -0.4 is 5.73 Å². The number of hydrogen-bond acceptors (Lipinski definition) is 3. The minimum absolute atomic E-state index is 0.116. The largest absolute Gasteiger partial charge is 0.374 e. The van der Waals surface area contributed by atoms with Crippen LogP contribution in [0, 0.1) is 6.92 Å². The molecule has 0 amide bonds. The summed E-state index contributed by atoms with van der Waals surface area (Å²) >= 11 is 0. The van der Waals surface area contributed by atoms with Crippen LogP contribution in [0.2, 0.25) is 0 Å². The van der Waals surface area contributed by atoms with Crippen LogP contribution in [0.25, 0.3) is 0 Å². The van der Waals surface area contributed by atoms with Crippen LogP contribution in [-0.2, 0) is 4.74 Å². The van der Waals surface area contributed by atoms with E-state index in [1.165, 1.54) is 11.1 Å². The smallest absolute Gasteiger partial charge is 0.0894 e. The molecular formula is C14H22N2O. The molecule has 2 atom stereocenters. The second kappa shape index (κ2) is 5.63. The number of nitrogens with zero attached hydrogens (tertiary/aromatic N) is 1. The zero-order valence-electron chi connectivity index (χ0n) is 10.7. The van der Waals surface area contributed by atoms with Gasteiger partial charge in [0, 0.05) is 13.1 Å². The fourth-order valence-electron chi connectivity index (χ4n) is 2.62. The van der Waals surface area contributed by atoms with Crippen molar-refractivity contribution in [2.75, 3.05) is 26.2 Å². The Hall–Kier alpha value is -0.900. The first-order valence-corrected chi connectivity index (χ1v) is 6.38. The van der Waals surface area contributed by atoms with Gasteiger partial charge in [0.1, 0.15) is 0 Å². The highest BCUT2D eigenvalue weighted by Crippen LogP contribution is 2.29. The van der Waals surface area contributed by atoms with E-state index in [0.717, 1.165) is 19.7 Å². The van der Waals surface area contributed by atoms with Gasteiger partial charge >= 0.3 is 0 Å². The minimum Gasteiger partial charge on any atom is -0.374 e. The molecule has 3 heteroatoms. The van der Waals surface area contributed by atoms with Crippen LogP contribution in [-0.4, -0.2) is 37.2 Å². The molecule has 2 rings (SSSR count). The Morgan fingerprint density at radius 1 is 1.47 bits per heavy atom. The second-order valence-corrected chi connectivity index (χ2v) is 4.63. The lowest BCUT2D eigenvalue weighted by Crippen LogP contribution is -2.48. The van der Waals surface area contributed by atoms with Gasteiger partial charge in [0.15, 0.2) is 0 Å². The van der Waals surface area contributed by atoms with E-state index in [2.05, 4.69) is 43.0 Å². The highest BCUT2D eigenvalue weighted by molar-refractivity contribution is 5.26. The van der Waals surface area contributed by atoms with Gasteiger partial charge in [-0.2, -0.15) is 0 Å². The lowest BCUT2D eigenvalue weighted by Gasteiger charge is -2.40. The molecule has 1 aliphatic rings. The number of aryl methyl sites for hydroxylation is 1. The number of benzene rings is 1. The van der Waals surface area contributed by atoms with Gasteiger partial charge in [-0.25, -0.2) is 0 Å². The van der Waals surface area contributed by atoms with Crippen LogP contribution in [0.5, 0.6) is 0 Å². The number of morpholine rings is 1. The Bertz CT molecular complexity index is 355. The third-order valence-corrected chi connectivity index (χ3v) is 3.48. The molecule has 0 aromatic heterocycles.